The number of aromatic nitrogens is 1. The van der Waals surface area contributed by atoms with E-state index >= 15 is 0 Å². The third kappa shape index (κ3) is 5.23. The van der Waals surface area contributed by atoms with Crippen LogP contribution in [0.4, 0.5) is 0 Å². The molecule has 1 fully saturated rings. The zero-order chi connectivity index (χ0) is 21.6. The van der Waals surface area contributed by atoms with Crippen LogP contribution in [-0.2, 0) is 21.4 Å². The topological polar surface area (TPSA) is 106 Å². The highest BCUT2D eigenvalue weighted by Crippen LogP contribution is 2.18. The molecule has 1 aromatic carbocycles. The van der Waals surface area contributed by atoms with Crippen LogP contribution in [0, 0.1) is 18.3 Å². The third-order valence-electron chi connectivity index (χ3n) is 4.78. The molecule has 0 aliphatic carbocycles. The summed E-state index contributed by atoms with van der Waals surface area (Å²) in [4.78, 5) is 18.3. The summed E-state index contributed by atoms with van der Waals surface area (Å²) in [5.74, 6) is -0.476. The Bertz CT molecular complexity index is 1050. The number of carbonyl (C=O) groups excluding carboxylic acids is 1. The maximum absolute atomic E-state index is 12.8. The third-order valence-corrected chi connectivity index (χ3v) is 6.70. The average molecular weight is 426 g/mol. The molecule has 1 saturated heterocycles. The van der Waals surface area contributed by atoms with Crippen molar-refractivity contribution in [2.45, 2.75) is 18.4 Å². The fourth-order valence-corrected chi connectivity index (χ4v) is 4.46. The molecule has 1 aliphatic rings. The number of nitrogens with one attached hydrogen (secondary N) is 1. The molecular weight excluding hydrogens is 402 g/mol. The molecule has 1 aromatic heterocycles. The number of aryl methyl sites for hydroxylation is 1. The first-order valence-electron chi connectivity index (χ1n) is 9.50. The predicted molar refractivity (Wildman–Crippen MR) is 111 cm³/mol. The lowest BCUT2D eigenvalue weighted by molar-refractivity contribution is -0.117. The summed E-state index contributed by atoms with van der Waals surface area (Å²) in [6.07, 6.45) is 4.78. The van der Waals surface area contributed by atoms with Gasteiger partial charge in [-0.15, -0.1) is 0 Å². The van der Waals surface area contributed by atoms with E-state index in [1.54, 1.807) is 47.6 Å². The number of nitriles is 1. The first-order valence-corrected chi connectivity index (χ1v) is 10.9. The molecule has 2 heterocycles. The SMILES string of the molecule is Cc1ccc(S(=O)(=O)N2CCN(/C=C(/C#N)C(=O)NCc3cccnc3)CC2)cc1. The Hall–Kier alpha value is -3.22. The largest absolute Gasteiger partial charge is 0.373 e. The second-order valence-corrected chi connectivity index (χ2v) is 8.89. The zero-order valence-corrected chi connectivity index (χ0v) is 17.5. The first kappa shape index (κ1) is 21.5. The van der Waals surface area contributed by atoms with E-state index in [-0.39, 0.29) is 30.1 Å². The van der Waals surface area contributed by atoms with E-state index in [1.165, 1.54) is 10.5 Å². The van der Waals surface area contributed by atoms with Gasteiger partial charge in [0.1, 0.15) is 11.6 Å². The van der Waals surface area contributed by atoms with Gasteiger partial charge in [0.25, 0.3) is 5.91 Å². The summed E-state index contributed by atoms with van der Waals surface area (Å²) in [6, 6.07) is 12.3. The second kappa shape index (κ2) is 9.52. The summed E-state index contributed by atoms with van der Waals surface area (Å²) in [6.45, 7) is 3.53. The number of hydrogen-bond acceptors (Lipinski definition) is 6. The van der Waals surface area contributed by atoms with E-state index in [4.69, 9.17) is 0 Å². The molecule has 2 aromatic rings. The van der Waals surface area contributed by atoms with Gasteiger partial charge in [0.05, 0.1) is 4.90 Å². The van der Waals surface area contributed by atoms with Crippen molar-refractivity contribution in [3.8, 4) is 6.07 Å². The molecule has 0 bridgehead atoms. The Balaban J connectivity index is 1.59. The molecule has 1 aliphatic heterocycles. The molecule has 9 heteroatoms. The first-order chi connectivity index (χ1) is 14.4. The van der Waals surface area contributed by atoms with Gasteiger partial charge in [-0.05, 0) is 30.7 Å². The second-order valence-electron chi connectivity index (χ2n) is 6.95. The van der Waals surface area contributed by atoms with E-state index in [9.17, 15) is 18.5 Å². The lowest BCUT2D eigenvalue weighted by Crippen LogP contribution is -2.47. The number of piperazine rings is 1. The molecule has 156 valence electrons. The minimum absolute atomic E-state index is 0.0197. The number of rotatable bonds is 6. The Morgan fingerprint density at radius 3 is 2.50 bits per heavy atom. The van der Waals surface area contributed by atoms with E-state index in [0.29, 0.717) is 13.1 Å². The number of nitrogens with zero attached hydrogens (tertiary/aromatic N) is 4. The molecule has 0 atom stereocenters. The van der Waals surface area contributed by atoms with Gasteiger partial charge in [-0.2, -0.15) is 9.57 Å². The molecular formula is C21H23N5O3S. The van der Waals surface area contributed by atoms with Gasteiger partial charge in [-0.25, -0.2) is 8.42 Å². The summed E-state index contributed by atoms with van der Waals surface area (Å²) >= 11 is 0. The Labute approximate surface area is 176 Å². The Kier molecular flexibility index (Phi) is 6.82. The van der Waals surface area contributed by atoms with Crippen LogP contribution in [0.15, 0.2) is 65.5 Å². The highest BCUT2D eigenvalue weighted by molar-refractivity contribution is 7.89. The molecule has 0 saturated carbocycles. The summed E-state index contributed by atoms with van der Waals surface area (Å²) in [5, 5.41) is 12.0. The van der Waals surface area contributed by atoms with Crippen LogP contribution in [0.3, 0.4) is 0 Å². The maximum atomic E-state index is 12.8. The van der Waals surface area contributed by atoms with Crippen molar-refractivity contribution in [2.24, 2.45) is 0 Å². The summed E-state index contributed by atoms with van der Waals surface area (Å²) < 4.78 is 27.0. The Morgan fingerprint density at radius 1 is 1.20 bits per heavy atom. The molecule has 3 rings (SSSR count). The van der Waals surface area contributed by atoms with Crippen LogP contribution < -0.4 is 5.32 Å². The quantitative estimate of drug-likeness (QED) is 0.554. The van der Waals surface area contributed by atoms with Crippen molar-refractivity contribution < 1.29 is 13.2 Å². The normalized spacial score (nSPS) is 15.5. The van der Waals surface area contributed by atoms with Gasteiger partial charge in [-0.1, -0.05) is 23.8 Å². The highest BCUT2D eigenvalue weighted by Gasteiger charge is 2.28. The summed E-state index contributed by atoms with van der Waals surface area (Å²) in [5.41, 5.74) is 1.81. The van der Waals surface area contributed by atoms with E-state index in [1.807, 2.05) is 19.1 Å². The monoisotopic (exact) mass is 425 g/mol. The number of pyridine rings is 1. The number of hydrogen-bond donors (Lipinski definition) is 1. The number of amides is 1. The molecule has 1 N–H and O–H groups in total. The van der Waals surface area contributed by atoms with Gasteiger partial charge in [0.15, 0.2) is 0 Å². The van der Waals surface area contributed by atoms with Gasteiger partial charge in [-0.3, -0.25) is 9.78 Å². The smallest absolute Gasteiger partial charge is 0.263 e. The molecule has 8 nitrogen and oxygen atoms in total. The lowest BCUT2D eigenvalue weighted by atomic mass is 10.2. The van der Waals surface area contributed by atoms with Crippen molar-refractivity contribution in [3.63, 3.8) is 0 Å². The Morgan fingerprint density at radius 2 is 1.90 bits per heavy atom. The average Bonchev–Trinajstić information content (AvgIpc) is 2.77. The van der Waals surface area contributed by atoms with Gasteiger partial charge in [0.2, 0.25) is 10.0 Å². The zero-order valence-electron chi connectivity index (χ0n) is 16.7. The molecule has 0 spiro atoms. The van der Waals surface area contributed by atoms with Gasteiger partial charge < -0.3 is 10.2 Å². The fourth-order valence-electron chi connectivity index (χ4n) is 3.03. The van der Waals surface area contributed by atoms with E-state index in [2.05, 4.69) is 10.3 Å². The van der Waals surface area contributed by atoms with Crippen LogP contribution in [0.2, 0.25) is 0 Å². The van der Waals surface area contributed by atoms with Crippen LogP contribution in [0.5, 0.6) is 0 Å². The highest BCUT2D eigenvalue weighted by atomic mass is 32.2. The minimum Gasteiger partial charge on any atom is -0.373 e. The lowest BCUT2D eigenvalue weighted by Gasteiger charge is -2.33. The van der Waals surface area contributed by atoms with Crippen molar-refractivity contribution in [3.05, 3.63) is 71.7 Å². The molecule has 0 unspecified atom stereocenters. The van der Waals surface area contributed by atoms with E-state index < -0.39 is 15.9 Å². The fraction of sp³-hybridized carbons (Fsp3) is 0.286. The standard InChI is InChI=1S/C21H23N5O3S/c1-17-4-6-20(7-5-17)30(28,29)26-11-9-25(10-12-26)16-19(13-22)21(27)24-15-18-3-2-8-23-14-18/h2-8,14,16H,9-12,15H2,1H3,(H,24,27)/b19-16-. The predicted octanol–water partition coefficient (Wildman–Crippen LogP) is 1.42. The molecule has 30 heavy (non-hydrogen) atoms. The van der Waals surface area contributed by atoms with Crippen LogP contribution in [-0.4, -0.2) is 54.7 Å². The van der Waals surface area contributed by atoms with Crippen molar-refractivity contribution in [1.82, 2.24) is 19.5 Å². The van der Waals surface area contributed by atoms with Crippen LogP contribution >= 0.6 is 0 Å². The maximum Gasteiger partial charge on any atom is 0.263 e. The number of sulfonamides is 1. The van der Waals surface area contributed by atoms with Gasteiger partial charge >= 0.3 is 0 Å². The van der Waals surface area contributed by atoms with E-state index in [0.717, 1.165) is 11.1 Å². The summed E-state index contributed by atoms with van der Waals surface area (Å²) in [7, 11) is -3.56. The van der Waals surface area contributed by atoms with Crippen molar-refractivity contribution in [2.75, 3.05) is 26.2 Å². The van der Waals surface area contributed by atoms with Gasteiger partial charge in [0, 0.05) is 51.3 Å². The van der Waals surface area contributed by atoms with Crippen LogP contribution in [0.25, 0.3) is 0 Å². The van der Waals surface area contributed by atoms with Crippen LogP contribution in [0.1, 0.15) is 11.1 Å². The molecule has 0 radical (unpaired) electrons. The van der Waals surface area contributed by atoms with Crippen molar-refractivity contribution >= 4 is 15.9 Å². The molecule has 1 amide bonds. The minimum atomic E-state index is -3.56. The number of carbonyl (C=O) groups is 1. The number of benzene rings is 1. The van der Waals surface area contributed by atoms with Crippen molar-refractivity contribution in [1.29, 1.82) is 5.26 Å².